The predicted molar refractivity (Wildman–Crippen MR) is 165 cm³/mol. The fourth-order valence-electron chi connectivity index (χ4n) is 5.89. The average molecular weight is 703 g/mol. The Kier molecular flexibility index (Phi) is 8.84. The number of nitrogens with zero attached hydrogens (tertiary/aromatic N) is 4. The lowest BCUT2D eigenvalue weighted by Gasteiger charge is -2.36. The van der Waals surface area contributed by atoms with Crippen molar-refractivity contribution in [2.75, 3.05) is 25.1 Å². The third-order valence-electron chi connectivity index (χ3n) is 8.61. The van der Waals surface area contributed by atoms with E-state index in [1.54, 1.807) is 35.2 Å². The van der Waals surface area contributed by atoms with Crippen molar-refractivity contribution in [2.24, 2.45) is 0 Å². The fourth-order valence-corrected chi connectivity index (χ4v) is 5.89. The second-order valence-corrected chi connectivity index (χ2v) is 11.9. The van der Waals surface area contributed by atoms with E-state index in [2.05, 4.69) is 9.97 Å². The highest BCUT2D eigenvalue weighted by Gasteiger charge is 2.44. The maximum Gasteiger partial charge on any atom is 0.416 e. The first-order valence-electron chi connectivity index (χ1n) is 15.1. The van der Waals surface area contributed by atoms with Crippen LogP contribution in [0.15, 0.2) is 66.9 Å². The Balaban J connectivity index is 1.40. The van der Waals surface area contributed by atoms with Gasteiger partial charge >= 0.3 is 24.4 Å². The lowest BCUT2D eigenvalue weighted by molar-refractivity contribution is -0.143. The number of rotatable bonds is 8. The number of anilines is 1. The highest BCUT2D eigenvalue weighted by Crippen LogP contribution is 2.42. The summed E-state index contributed by atoms with van der Waals surface area (Å²) in [6, 6.07) is 11.4. The molecule has 10 nitrogen and oxygen atoms in total. The van der Waals surface area contributed by atoms with Crippen LogP contribution in [0.2, 0.25) is 0 Å². The van der Waals surface area contributed by atoms with Crippen molar-refractivity contribution < 1.29 is 55.6 Å². The van der Waals surface area contributed by atoms with E-state index in [1.807, 2.05) is 0 Å². The summed E-state index contributed by atoms with van der Waals surface area (Å²) in [5, 5.41) is 19.1. The van der Waals surface area contributed by atoms with Crippen molar-refractivity contribution in [3.05, 3.63) is 94.8 Å². The van der Waals surface area contributed by atoms with Crippen LogP contribution in [0.4, 0.5) is 37.1 Å². The second-order valence-electron chi connectivity index (χ2n) is 11.9. The van der Waals surface area contributed by atoms with E-state index in [1.165, 1.54) is 32.4 Å². The molecule has 262 valence electrons. The Bertz CT molecular complexity index is 1910. The number of alkyl halides is 6. The van der Waals surface area contributed by atoms with Crippen molar-refractivity contribution in [2.45, 2.75) is 44.1 Å². The van der Waals surface area contributed by atoms with Gasteiger partial charge in [0.15, 0.2) is 0 Å². The van der Waals surface area contributed by atoms with Crippen LogP contribution in [0.5, 0.6) is 5.75 Å². The second kappa shape index (κ2) is 12.8. The van der Waals surface area contributed by atoms with Gasteiger partial charge in [-0.15, -0.1) is 0 Å². The molecule has 3 aromatic carbocycles. The van der Waals surface area contributed by atoms with E-state index in [4.69, 9.17) is 9.47 Å². The molecule has 6 rings (SSSR count). The molecule has 1 aromatic heterocycles. The topological polar surface area (TPSA) is 125 Å². The molecule has 50 heavy (non-hydrogen) atoms. The van der Waals surface area contributed by atoms with Gasteiger partial charge in [0.25, 0.3) is 0 Å². The summed E-state index contributed by atoms with van der Waals surface area (Å²) in [5.74, 6) is -0.487. The molecule has 4 aromatic rings. The molecule has 0 aliphatic carbocycles. The van der Waals surface area contributed by atoms with Crippen LogP contribution in [0.25, 0.3) is 22.3 Å². The zero-order valence-electron chi connectivity index (χ0n) is 26.3. The number of aromatic carboxylic acids is 1. The number of hydrogen-bond acceptors (Lipinski definition) is 8. The third kappa shape index (κ3) is 6.75. The summed E-state index contributed by atoms with van der Waals surface area (Å²) >= 11 is 0. The molecule has 2 saturated heterocycles. The molecular formula is C34H28F6N4O6. The first-order chi connectivity index (χ1) is 23.5. The van der Waals surface area contributed by atoms with Gasteiger partial charge in [-0.1, -0.05) is 18.2 Å². The molecule has 1 amide bonds. The van der Waals surface area contributed by atoms with E-state index in [9.17, 15) is 46.1 Å². The van der Waals surface area contributed by atoms with Crippen LogP contribution in [0.3, 0.4) is 0 Å². The molecule has 0 bridgehead atoms. The van der Waals surface area contributed by atoms with Crippen LogP contribution in [0, 0.1) is 0 Å². The smallest absolute Gasteiger partial charge is 0.416 e. The average Bonchev–Trinajstić information content (AvgIpc) is 3.34. The minimum atomic E-state index is -5.09. The number of cyclic esters (lactones) is 1. The molecule has 0 unspecified atom stereocenters. The number of benzene rings is 3. The van der Waals surface area contributed by atoms with E-state index < -0.39 is 59.4 Å². The molecule has 0 saturated carbocycles. The largest absolute Gasteiger partial charge is 0.496 e. The zero-order chi connectivity index (χ0) is 36.1. The highest BCUT2D eigenvalue weighted by atomic mass is 19.4. The number of halogens is 6. The Hall–Kier alpha value is -5.38. The van der Waals surface area contributed by atoms with Crippen molar-refractivity contribution in [1.82, 2.24) is 14.9 Å². The molecule has 0 radical (unpaired) electrons. The number of β-amino-alcohol motifs (C(OH)–C–C–N with tert-alkyl or cyclic N) is 1. The highest BCUT2D eigenvalue weighted by molar-refractivity contribution is 5.88. The number of aromatic nitrogens is 2. The van der Waals surface area contributed by atoms with E-state index in [0.29, 0.717) is 40.1 Å². The SMILES string of the molecule is COc1ccc(-c2ccc(C(=O)O)cc2)cc1-c1cnc(N2CC(O)C2)nc1CN1C(=O)O[C@H](c2cc(C(F)(F)F)cc(C(F)(F)F)c2)[C@@H]1C. The first kappa shape index (κ1) is 34.5. The summed E-state index contributed by atoms with van der Waals surface area (Å²) < 4.78 is 92.8. The van der Waals surface area contributed by atoms with Crippen molar-refractivity contribution >= 4 is 18.0 Å². The van der Waals surface area contributed by atoms with Gasteiger partial charge in [-0.25, -0.2) is 19.6 Å². The lowest BCUT2D eigenvalue weighted by atomic mass is 9.96. The lowest BCUT2D eigenvalue weighted by Crippen LogP contribution is -2.51. The standard InChI is InChI=1S/C34H28F6N4O6/c1-17-29(21-9-22(33(35,36)37)12-23(10-21)34(38,39)40)50-32(48)44(17)16-27-26(13-41-31(42-27)43-14-24(45)15-43)25-11-20(7-8-28(25)49-2)18-3-5-19(6-4-18)30(46)47/h3-13,17,24,29,45H,14-16H2,1-2H3,(H,46,47)/t17-,29-/m0/s1. The number of carboxylic acids is 1. The van der Waals surface area contributed by atoms with E-state index >= 15 is 0 Å². The number of aliphatic hydroxyl groups is 1. The number of hydrogen-bond donors (Lipinski definition) is 2. The summed E-state index contributed by atoms with van der Waals surface area (Å²) in [4.78, 5) is 36.6. The van der Waals surface area contributed by atoms with Gasteiger partial charge in [0.1, 0.15) is 11.9 Å². The number of aliphatic hydroxyl groups excluding tert-OH is 1. The van der Waals surface area contributed by atoms with Gasteiger partial charge in [-0.3, -0.25) is 4.90 Å². The van der Waals surface area contributed by atoms with E-state index in [0.717, 1.165) is 4.90 Å². The van der Waals surface area contributed by atoms with Crippen LogP contribution >= 0.6 is 0 Å². The van der Waals surface area contributed by atoms with Gasteiger partial charge < -0.3 is 24.6 Å². The van der Waals surface area contributed by atoms with Crippen LogP contribution in [-0.4, -0.2) is 69.5 Å². The van der Waals surface area contributed by atoms with Crippen LogP contribution in [-0.2, 0) is 23.6 Å². The summed E-state index contributed by atoms with van der Waals surface area (Å²) in [5.41, 5.74) is -1.01. The van der Waals surface area contributed by atoms with Gasteiger partial charge in [0.05, 0.1) is 48.2 Å². The van der Waals surface area contributed by atoms with E-state index in [-0.39, 0.29) is 42.9 Å². The summed E-state index contributed by atoms with van der Waals surface area (Å²) in [7, 11) is 1.44. The summed E-state index contributed by atoms with van der Waals surface area (Å²) in [6.45, 7) is 1.64. The summed E-state index contributed by atoms with van der Waals surface area (Å²) in [6.07, 6.45) is -11.8. The van der Waals surface area contributed by atoms with Gasteiger partial charge in [0, 0.05) is 30.4 Å². The maximum absolute atomic E-state index is 13.6. The van der Waals surface area contributed by atoms with Gasteiger partial charge in [0.2, 0.25) is 5.95 Å². The van der Waals surface area contributed by atoms with Crippen LogP contribution < -0.4 is 9.64 Å². The number of amides is 1. The normalized spacial score (nSPS) is 18.2. The third-order valence-corrected chi connectivity index (χ3v) is 8.61. The molecule has 2 aliphatic rings. The Morgan fingerprint density at radius 2 is 1.56 bits per heavy atom. The fraction of sp³-hybridized carbons (Fsp3) is 0.294. The molecule has 2 fully saturated rings. The van der Waals surface area contributed by atoms with Gasteiger partial charge in [-0.05, 0) is 66.1 Å². The van der Waals surface area contributed by atoms with Crippen molar-refractivity contribution in [1.29, 1.82) is 0 Å². The minimum absolute atomic E-state index is 0.00609. The quantitative estimate of drug-likeness (QED) is 0.190. The molecule has 2 aliphatic heterocycles. The molecule has 0 spiro atoms. The number of methoxy groups -OCH3 is 1. The Morgan fingerprint density at radius 1 is 0.940 bits per heavy atom. The number of ether oxygens (including phenoxy) is 2. The minimum Gasteiger partial charge on any atom is -0.496 e. The first-order valence-corrected chi connectivity index (χ1v) is 15.1. The molecule has 3 heterocycles. The monoisotopic (exact) mass is 702 g/mol. The molecule has 16 heteroatoms. The van der Waals surface area contributed by atoms with Crippen molar-refractivity contribution in [3.8, 4) is 28.0 Å². The number of carbonyl (C=O) groups is 2. The molecule has 2 atom stereocenters. The Labute approximate surface area is 280 Å². The zero-order valence-corrected chi connectivity index (χ0v) is 26.3. The number of carboxylic acid groups (broad SMARTS) is 1. The maximum atomic E-state index is 13.6. The predicted octanol–water partition coefficient (Wildman–Crippen LogP) is 6.82. The van der Waals surface area contributed by atoms with Gasteiger partial charge in [-0.2, -0.15) is 26.3 Å². The van der Waals surface area contributed by atoms with Crippen LogP contribution in [0.1, 0.15) is 45.8 Å². The number of carbonyl (C=O) groups excluding carboxylic acids is 1. The molecular weight excluding hydrogens is 674 g/mol. The Morgan fingerprint density at radius 3 is 2.12 bits per heavy atom. The van der Waals surface area contributed by atoms with Crippen molar-refractivity contribution in [3.63, 3.8) is 0 Å². The molecule has 2 N–H and O–H groups in total.